The molecule has 0 aromatic heterocycles. The lowest BCUT2D eigenvalue weighted by Crippen LogP contribution is -2.51. The quantitative estimate of drug-likeness (QED) is 0.449. The van der Waals surface area contributed by atoms with Gasteiger partial charge in [-0.05, 0) is 12.1 Å². The van der Waals surface area contributed by atoms with Crippen molar-refractivity contribution < 1.29 is 23.9 Å². The Morgan fingerprint density at radius 3 is 2.45 bits per heavy atom. The molecule has 1 aromatic rings. The van der Waals surface area contributed by atoms with Crippen molar-refractivity contribution >= 4 is 29.9 Å². The second kappa shape index (κ2) is 9.11. The van der Waals surface area contributed by atoms with Gasteiger partial charge in [0.25, 0.3) is 0 Å². The fourth-order valence-corrected chi connectivity index (χ4v) is 1.52. The molecule has 0 atom stereocenters. The summed E-state index contributed by atoms with van der Waals surface area (Å²) in [7, 11) is 1.23. The number of hydrogen-bond acceptors (Lipinski definition) is 5. The summed E-state index contributed by atoms with van der Waals surface area (Å²) in [6.07, 6.45) is 0.304. The minimum Gasteiger partial charge on any atom is -0.469 e. The van der Waals surface area contributed by atoms with E-state index >= 15 is 0 Å². The molecule has 0 saturated carbocycles. The number of carbonyl (C=O) groups excluding carboxylic acids is 4. The Morgan fingerprint density at radius 1 is 1.18 bits per heavy atom. The van der Waals surface area contributed by atoms with Gasteiger partial charge in [0.1, 0.15) is 6.29 Å². The second-order valence-electron chi connectivity index (χ2n) is 4.13. The van der Waals surface area contributed by atoms with Gasteiger partial charge in [-0.1, -0.05) is 18.2 Å². The van der Waals surface area contributed by atoms with Crippen LogP contribution in [0.2, 0.25) is 0 Å². The molecule has 3 amide bonds. The van der Waals surface area contributed by atoms with Crippen LogP contribution >= 0.6 is 0 Å². The number of nitrogens with zero attached hydrogens (tertiary/aromatic N) is 1. The minimum absolute atomic E-state index is 0.0963. The van der Waals surface area contributed by atoms with Crippen LogP contribution in [0.1, 0.15) is 12.8 Å². The lowest BCUT2D eigenvalue weighted by Gasteiger charge is -2.23. The number of nitrogens with one attached hydrogen (secondary N) is 2. The normalized spacial score (nSPS) is 9.50. The van der Waals surface area contributed by atoms with E-state index in [1.165, 1.54) is 7.11 Å². The van der Waals surface area contributed by atoms with Crippen LogP contribution < -0.4 is 15.8 Å². The lowest BCUT2D eigenvalue weighted by molar-refractivity contribution is -0.142. The number of rotatable bonds is 6. The van der Waals surface area contributed by atoms with Gasteiger partial charge in [-0.3, -0.25) is 15.0 Å². The maximum atomic E-state index is 12.0. The van der Waals surface area contributed by atoms with Crippen molar-refractivity contribution in [2.75, 3.05) is 18.7 Å². The number of hydrazine groups is 1. The van der Waals surface area contributed by atoms with Crippen molar-refractivity contribution in [3.05, 3.63) is 30.3 Å². The van der Waals surface area contributed by atoms with Crippen LogP contribution in [0.3, 0.4) is 0 Å². The third-order valence-electron chi connectivity index (χ3n) is 2.57. The predicted molar refractivity (Wildman–Crippen MR) is 77.8 cm³/mol. The van der Waals surface area contributed by atoms with E-state index in [0.717, 1.165) is 5.01 Å². The standard InChI is InChI=1S/C14H17N3O5/c1-22-13(20)8-7-12(19)16-17(14(21)15-9-10-18)11-5-3-2-4-6-11/h2-6,10H,7-9H2,1H3,(H,15,21)(H,16,19). The lowest BCUT2D eigenvalue weighted by atomic mass is 10.3. The number of anilines is 1. The molecule has 8 heteroatoms. The number of para-hydroxylation sites is 1. The number of carbonyl (C=O) groups is 4. The van der Waals surface area contributed by atoms with Crippen molar-refractivity contribution in [3.63, 3.8) is 0 Å². The highest BCUT2D eigenvalue weighted by Gasteiger charge is 2.18. The highest BCUT2D eigenvalue weighted by molar-refractivity contribution is 5.96. The summed E-state index contributed by atoms with van der Waals surface area (Å²) in [5, 5.41) is 3.30. The molecule has 0 saturated heterocycles. The molecule has 1 rings (SSSR count). The van der Waals surface area contributed by atoms with E-state index in [1.54, 1.807) is 30.3 Å². The van der Waals surface area contributed by atoms with Crippen LogP contribution in [0, 0.1) is 0 Å². The minimum atomic E-state index is -0.662. The first-order valence-electron chi connectivity index (χ1n) is 6.51. The van der Waals surface area contributed by atoms with Crippen molar-refractivity contribution in [1.29, 1.82) is 0 Å². The van der Waals surface area contributed by atoms with Crippen molar-refractivity contribution in [2.45, 2.75) is 12.8 Å². The number of hydrogen-bond donors (Lipinski definition) is 2. The molecule has 0 fully saturated rings. The largest absolute Gasteiger partial charge is 0.469 e. The van der Waals surface area contributed by atoms with E-state index in [9.17, 15) is 19.2 Å². The zero-order valence-corrected chi connectivity index (χ0v) is 12.1. The van der Waals surface area contributed by atoms with E-state index in [0.29, 0.717) is 12.0 Å². The number of benzene rings is 1. The molecule has 0 aliphatic rings. The third kappa shape index (κ3) is 5.61. The number of ether oxygens (including phenoxy) is 1. The summed E-state index contributed by atoms with van der Waals surface area (Å²) >= 11 is 0. The summed E-state index contributed by atoms with van der Waals surface area (Å²) in [6.45, 7) is -0.180. The predicted octanol–water partition coefficient (Wildman–Crippen LogP) is 0.386. The Balaban J connectivity index is 2.74. The summed E-state index contributed by atoms with van der Waals surface area (Å²) in [5.74, 6) is -1.05. The molecule has 0 unspecified atom stereocenters. The van der Waals surface area contributed by atoms with E-state index in [2.05, 4.69) is 15.5 Å². The van der Waals surface area contributed by atoms with Gasteiger partial charge in [-0.2, -0.15) is 0 Å². The van der Waals surface area contributed by atoms with Crippen LogP contribution in [0.15, 0.2) is 30.3 Å². The number of esters is 1. The van der Waals surface area contributed by atoms with E-state index < -0.39 is 17.9 Å². The fraction of sp³-hybridized carbons (Fsp3) is 0.286. The van der Waals surface area contributed by atoms with Crippen molar-refractivity contribution in [1.82, 2.24) is 10.7 Å². The molecule has 22 heavy (non-hydrogen) atoms. The molecule has 0 aliphatic carbocycles. The molecular formula is C14H17N3O5. The van der Waals surface area contributed by atoms with Crippen molar-refractivity contribution in [2.24, 2.45) is 0 Å². The van der Waals surface area contributed by atoms with Crippen LogP contribution in [-0.4, -0.2) is 37.8 Å². The van der Waals surface area contributed by atoms with Gasteiger partial charge in [0.05, 0.1) is 25.8 Å². The molecular weight excluding hydrogens is 290 g/mol. The first kappa shape index (κ1) is 17.2. The average Bonchev–Trinajstić information content (AvgIpc) is 2.56. The van der Waals surface area contributed by atoms with Gasteiger partial charge in [-0.15, -0.1) is 0 Å². The Morgan fingerprint density at radius 2 is 1.86 bits per heavy atom. The Bertz CT molecular complexity index is 533. The van der Waals surface area contributed by atoms with Gasteiger partial charge in [0.2, 0.25) is 5.91 Å². The van der Waals surface area contributed by atoms with E-state index in [1.807, 2.05) is 0 Å². The Labute approximate surface area is 127 Å². The highest BCUT2D eigenvalue weighted by Crippen LogP contribution is 2.11. The first-order valence-corrected chi connectivity index (χ1v) is 6.51. The molecule has 0 aliphatic heterocycles. The molecule has 1 aromatic carbocycles. The molecule has 118 valence electrons. The smallest absolute Gasteiger partial charge is 0.341 e. The van der Waals surface area contributed by atoms with E-state index in [-0.39, 0.29) is 19.4 Å². The molecule has 0 radical (unpaired) electrons. The molecule has 8 nitrogen and oxygen atoms in total. The van der Waals surface area contributed by atoms with Gasteiger partial charge >= 0.3 is 12.0 Å². The zero-order valence-electron chi connectivity index (χ0n) is 12.1. The SMILES string of the molecule is COC(=O)CCC(=O)NN(C(=O)NCC=O)c1ccccc1. The average molecular weight is 307 g/mol. The molecule has 0 heterocycles. The monoisotopic (exact) mass is 307 g/mol. The van der Waals surface area contributed by atoms with Crippen LogP contribution in [0.5, 0.6) is 0 Å². The summed E-state index contributed by atoms with van der Waals surface area (Å²) in [5.41, 5.74) is 2.79. The number of amides is 3. The summed E-state index contributed by atoms with van der Waals surface area (Å²) in [6, 6.07) is 7.70. The maximum absolute atomic E-state index is 12.0. The van der Waals surface area contributed by atoms with Crippen molar-refractivity contribution in [3.8, 4) is 0 Å². The number of urea groups is 1. The highest BCUT2D eigenvalue weighted by atomic mass is 16.5. The molecule has 0 bridgehead atoms. The van der Waals surface area contributed by atoms with Crippen LogP contribution in [-0.2, 0) is 19.1 Å². The van der Waals surface area contributed by atoms with Gasteiger partial charge in [0.15, 0.2) is 0 Å². The first-order chi connectivity index (χ1) is 10.6. The summed E-state index contributed by atoms with van der Waals surface area (Å²) < 4.78 is 4.44. The zero-order chi connectivity index (χ0) is 16.4. The Kier molecular flexibility index (Phi) is 7.10. The van der Waals surface area contributed by atoms with Gasteiger partial charge in [-0.25, -0.2) is 9.80 Å². The van der Waals surface area contributed by atoms with E-state index in [4.69, 9.17) is 0 Å². The topological polar surface area (TPSA) is 105 Å². The van der Waals surface area contributed by atoms with Crippen LogP contribution in [0.4, 0.5) is 10.5 Å². The molecule has 0 spiro atoms. The Hall–Kier alpha value is -2.90. The fourth-order valence-electron chi connectivity index (χ4n) is 1.52. The maximum Gasteiger partial charge on any atom is 0.341 e. The molecule has 2 N–H and O–H groups in total. The number of methoxy groups -OCH3 is 1. The van der Waals surface area contributed by atoms with Gasteiger partial charge in [0, 0.05) is 6.42 Å². The number of aldehydes is 1. The van der Waals surface area contributed by atoms with Crippen LogP contribution in [0.25, 0.3) is 0 Å². The summed E-state index contributed by atoms with van der Waals surface area (Å²) in [4.78, 5) is 45.1. The van der Waals surface area contributed by atoms with Gasteiger partial charge < -0.3 is 14.8 Å². The second-order valence-corrected chi connectivity index (χ2v) is 4.13. The third-order valence-corrected chi connectivity index (χ3v) is 2.57.